The van der Waals surface area contributed by atoms with Crippen LogP contribution < -0.4 is 0 Å². The normalized spacial score (nSPS) is 40.8. The zero-order valence-electron chi connectivity index (χ0n) is 9.76. The minimum absolute atomic E-state index is 0.399. The number of carbonyl (C=O) groups is 1. The Morgan fingerprint density at radius 3 is 2.38 bits per heavy atom. The van der Waals surface area contributed by atoms with Crippen molar-refractivity contribution in [3.63, 3.8) is 0 Å². The zero-order chi connectivity index (χ0) is 11.9. The van der Waals surface area contributed by atoms with E-state index in [1.807, 2.05) is 0 Å². The van der Waals surface area contributed by atoms with Crippen molar-refractivity contribution in [1.82, 2.24) is 0 Å². The minimum atomic E-state index is -0.790. The van der Waals surface area contributed by atoms with Crippen LogP contribution in [0.15, 0.2) is 0 Å². The number of carbonyl (C=O) groups excluding carboxylic acids is 1. The number of fused-ring (bicyclic) bond motifs is 1. The van der Waals surface area contributed by atoms with E-state index in [0.717, 1.165) is 0 Å². The summed E-state index contributed by atoms with van der Waals surface area (Å²) in [6.07, 6.45) is -2.27. The molecular weight excluding hydrogens is 216 g/mol. The maximum Gasteiger partial charge on any atom is 0.337 e. The first kappa shape index (κ1) is 11.8. The lowest BCUT2D eigenvalue weighted by atomic mass is 10.1. The highest BCUT2D eigenvalue weighted by Gasteiger charge is 2.58. The third-order valence-corrected chi connectivity index (χ3v) is 2.68. The Balaban J connectivity index is 2.17. The van der Waals surface area contributed by atoms with E-state index >= 15 is 0 Å². The summed E-state index contributed by atoms with van der Waals surface area (Å²) in [5, 5.41) is 0. The van der Waals surface area contributed by atoms with Crippen LogP contribution in [-0.4, -0.2) is 50.6 Å². The van der Waals surface area contributed by atoms with Gasteiger partial charge in [0, 0.05) is 7.11 Å². The van der Waals surface area contributed by atoms with Gasteiger partial charge in [0.1, 0.15) is 12.2 Å². The molecule has 4 atom stereocenters. The maximum absolute atomic E-state index is 11.5. The van der Waals surface area contributed by atoms with Gasteiger partial charge in [-0.2, -0.15) is 0 Å². The van der Waals surface area contributed by atoms with Gasteiger partial charge >= 0.3 is 5.97 Å². The molecule has 0 aliphatic carbocycles. The van der Waals surface area contributed by atoms with Gasteiger partial charge in [0.15, 0.2) is 18.2 Å². The quantitative estimate of drug-likeness (QED) is 0.627. The largest absolute Gasteiger partial charge is 0.467 e. The van der Waals surface area contributed by atoms with Crippen molar-refractivity contribution in [3.8, 4) is 0 Å². The van der Waals surface area contributed by atoms with Crippen LogP contribution in [0.2, 0.25) is 0 Å². The Morgan fingerprint density at radius 2 is 1.81 bits per heavy atom. The number of rotatable bonds is 2. The molecule has 0 aromatic heterocycles. The van der Waals surface area contributed by atoms with Crippen LogP contribution in [0.25, 0.3) is 0 Å². The standard InChI is InChI=1S/C10H16O6/c1-10(2)15-5-6(8(11)12-3)14-9(13-4)7(5)16-10/h5-7,9H,1-4H3/t5-,6+,7-,9-/m1/s1. The molecule has 0 radical (unpaired) electrons. The number of methoxy groups -OCH3 is 2. The summed E-state index contributed by atoms with van der Waals surface area (Å²) in [5.41, 5.74) is 0. The minimum Gasteiger partial charge on any atom is -0.467 e. The first-order valence-corrected chi connectivity index (χ1v) is 5.10. The summed E-state index contributed by atoms with van der Waals surface area (Å²) >= 11 is 0. The van der Waals surface area contributed by atoms with Gasteiger partial charge in [-0.15, -0.1) is 0 Å². The number of hydrogen-bond donors (Lipinski definition) is 0. The fraction of sp³-hybridized carbons (Fsp3) is 0.900. The van der Waals surface area contributed by atoms with E-state index in [2.05, 4.69) is 4.74 Å². The van der Waals surface area contributed by atoms with E-state index in [0.29, 0.717) is 0 Å². The molecule has 0 aromatic carbocycles. The van der Waals surface area contributed by atoms with Crippen LogP contribution in [0, 0.1) is 0 Å². The predicted octanol–water partition coefficient (Wildman–Crippen LogP) is 0.0508. The molecule has 0 bridgehead atoms. The molecule has 0 aromatic rings. The van der Waals surface area contributed by atoms with Gasteiger partial charge in [0.05, 0.1) is 7.11 Å². The average Bonchev–Trinajstić information content (AvgIpc) is 2.69. The summed E-state index contributed by atoms with van der Waals surface area (Å²) in [6.45, 7) is 3.57. The molecule has 6 nitrogen and oxygen atoms in total. The number of esters is 1. The second-order valence-corrected chi connectivity index (χ2v) is 4.25. The molecule has 2 saturated heterocycles. The van der Waals surface area contributed by atoms with Gasteiger partial charge in [-0.3, -0.25) is 0 Å². The molecule has 0 amide bonds. The summed E-state index contributed by atoms with van der Waals surface area (Å²) in [4.78, 5) is 11.5. The highest BCUT2D eigenvalue weighted by Crippen LogP contribution is 2.39. The second-order valence-electron chi connectivity index (χ2n) is 4.25. The molecule has 0 N–H and O–H groups in total. The summed E-state index contributed by atoms with van der Waals surface area (Å²) in [5.74, 6) is -1.21. The van der Waals surface area contributed by atoms with Crippen LogP contribution in [0.1, 0.15) is 13.8 Å². The SMILES string of the molecule is COC(=O)[C@H]1O[C@@H](OC)[C@@H]2OC(C)(C)O[C@@H]21. The van der Waals surface area contributed by atoms with Crippen LogP contribution >= 0.6 is 0 Å². The third kappa shape index (κ3) is 1.82. The Kier molecular flexibility index (Phi) is 2.91. The Hall–Kier alpha value is -0.690. The van der Waals surface area contributed by atoms with Gasteiger partial charge in [-0.05, 0) is 13.8 Å². The molecule has 16 heavy (non-hydrogen) atoms. The molecule has 6 heteroatoms. The van der Waals surface area contributed by atoms with E-state index in [1.165, 1.54) is 14.2 Å². The first-order valence-electron chi connectivity index (χ1n) is 5.10. The van der Waals surface area contributed by atoms with Crippen molar-refractivity contribution in [2.24, 2.45) is 0 Å². The molecule has 2 heterocycles. The first-order chi connectivity index (χ1) is 7.48. The Labute approximate surface area is 93.7 Å². The highest BCUT2D eigenvalue weighted by atomic mass is 16.8. The molecule has 2 rings (SSSR count). The van der Waals surface area contributed by atoms with Gasteiger partial charge in [0.2, 0.25) is 0 Å². The molecule has 0 unspecified atom stereocenters. The fourth-order valence-corrected chi connectivity index (χ4v) is 2.06. The Bertz CT molecular complexity index is 289. The number of ether oxygens (including phenoxy) is 5. The molecule has 2 fully saturated rings. The summed E-state index contributed by atoms with van der Waals surface area (Å²) in [7, 11) is 2.80. The van der Waals surface area contributed by atoms with Crippen LogP contribution in [-0.2, 0) is 28.5 Å². The van der Waals surface area contributed by atoms with E-state index in [-0.39, 0.29) is 0 Å². The van der Waals surface area contributed by atoms with Gasteiger partial charge in [0.25, 0.3) is 0 Å². The van der Waals surface area contributed by atoms with E-state index < -0.39 is 36.4 Å². The van der Waals surface area contributed by atoms with Crippen molar-refractivity contribution in [2.75, 3.05) is 14.2 Å². The smallest absolute Gasteiger partial charge is 0.337 e. The molecule has 2 aliphatic rings. The van der Waals surface area contributed by atoms with Gasteiger partial charge < -0.3 is 23.7 Å². The summed E-state index contributed by atoms with van der Waals surface area (Å²) in [6, 6.07) is 0. The monoisotopic (exact) mass is 232 g/mol. The predicted molar refractivity (Wildman–Crippen MR) is 51.5 cm³/mol. The topological polar surface area (TPSA) is 63.2 Å². The van der Waals surface area contributed by atoms with Crippen molar-refractivity contribution >= 4 is 5.97 Å². The third-order valence-electron chi connectivity index (χ3n) is 2.68. The van der Waals surface area contributed by atoms with Crippen LogP contribution in [0.3, 0.4) is 0 Å². The molecule has 92 valence electrons. The Morgan fingerprint density at radius 1 is 1.19 bits per heavy atom. The van der Waals surface area contributed by atoms with Crippen molar-refractivity contribution in [2.45, 2.75) is 44.2 Å². The fourth-order valence-electron chi connectivity index (χ4n) is 2.06. The molecular formula is C10H16O6. The van der Waals surface area contributed by atoms with Crippen molar-refractivity contribution in [3.05, 3.63) is 0 Å². The lowest BCUT2D eigenvalue weighted by Gasteiger charge is -2.22. The van der Waals surface area contributed by atoms with E-state index in [4.69, 9.17) is 18.9 Å². The lowest BCUT2D eigenvalue weighted by Crippen LogP contribution is -2.36. The van der Waals surface area contributed by atoms with E-state index in [1.54, 1.807) is 13.8 Å². The summed E-state index contributed by atoms with van der Waals surface area (Å²) < 4.78 is 26.4. The highest BCUT2D eigenvalue weighted by molar-refractivity contribution is 5.76. The zero-order valence-corrected chi connectivity index (χ0v) is 9.76. The maximum atomic E-state index is 11.5. The molecule has 2 aliphatic heterocycles. The molecule has 0 spiro atoms. The average molecular weight is 232 g/mol. The van der Waals surface area contributed by atoms with Crippen molar-refractivity contribution < 1.29 is 28.5 Å². The van der Waals surface area contributed by atoms with Crippen LogP contribution in [0.5, 0.6) is 0 Å². The lowest BCUT2D eigenvalue weighted by molar-refractivity contribution is -0.229. The second kappa shape index (κ2) is 3.96. The van der Waals surface area contributed by atoms with Crippen molar-refractivity contribution in [1.29, 1.82) is 0 Å². The van der Waals surface area contributed by atoms with Gasteiger partial charge in [-0.25, -0.2) is 4.79 Å². The van der Waals surface area contributed by atoms with Crippen LogP contribution in [0.4, 0.5) is 0 Å². The van der Waals surface area contributed by atoms with Gasteiger partial charge in [-0.1, -0.05) is 0 Å². The molecule has 0 saturated carbocycles. The number of hydrogen-bond acceptors (Lipinski definition) is 6. The van der Waals surface area contributed by atoms with E-state index in [9.17, 15) is 4.79 Å².